The third-order valence-corrected chi connectivity index (χ3v) is 4.51. The molecule has 0 amide bonds. The molecule has 7 nitrogen and oxygen atoms in total. The van der Waals surface area contributed by atoms with Crippen LogP contribution in [0.25, 0.3) is 10.9 Å². The van der Waals surface area contributed by atoms with Gasteiger partial charge in [-0.1, -0.05) is 0 Å². The molecule has 0 radical (unpaired) electrons. The molecule has 134 valence electrons. The van der Waals surface area contributed by atoms with Crippen LogP contribution < -0.4 is 14.2 Å². The van der Waals surface area contributed by atoms with E-state index in [0.29, 0.717) is 40.6 Å². The van der Waals surface area contributed by atoms with Gasteiger partial charge in [0.2, 0.25) is 11.5 Å². The number of methoxy groups -OCH3 is 3. The lowest BCUT2D eigenvalue weighted by molar-refractivity contribution is 0.0773. The van der Waals surface area contributed by atoms with E-state index in [0.717, 1.165) is 5.39 Å². The van der Waals surface area contributed by atoms with Gasteiger partial charge in [-0.25, -0.2) is 0 Å². The van der Waals surface area contributed by atoms with Crippen LogP contribution in [0.4, 0.5) is 0 Å². The van der Waals surface area contributed by atoms with Crippen molar-refractivity contribution < 1.29 is 24.1 Å². The molecule has 0 bridgehead atoms. The molecule has 3 rings (SSSR count). The fraction of sp³-hybridized carbons (Fsp3) is 0.353. The van der Waals surface area contributed by atoms with Crippen LogP contribution in [0.3, 0.4) is 0 Å². The van der Waals surface area contributed by atoms with Crippen molar-refractivity contribution in [3.05, 3.63) is 29.5 Å². The Morgan fingerprint density at radius 1 is 1.28 bits per heavy atom. The van der Waals surface area contributed by atoms with Crippen LogP contribution in [0.2, 0.25) is 0 Å². The maximum absolute atomic E-state index is 12.7. The molecule has 1 aliphatic rings. The lowest BCUT2D eigenvalue weighted by atomic mass is 10.1. The zero-order chi connectivity index (χ0) is 18.1. The largest absolute Gasteiger partial charge is 0.493 e. The molecule has 1 unspecified atom stereocenters. The van der Waals surface area contributed by atoms with E-state index in [4.69, 9.17) is 25.8 Å². The molecular weight excluding hydrogens is 348 g/mol. The normalized spacial score (nSPS) is 17.6. The molecule has 0 saturated carbocycles. The summed E-state index contributed by atoms with van der Waals surface area (Å²) >= 11 is 5.76. The molecule has 1 aromatic carbocycles. The molecule has 2 N–H and O–H groups in total. The molecule has 2 aromatic rings. The van der Waals surface area contributed by atoms with Gasteiger partial charge in [0.05, 0.1) is 38.5 Å². The summed E-state index contributed by atoms with van der Waals surface area (Å²) in [6.45, 7) is 0.294. The van der Waals surface area contributed by atoms with Crippen molar-refractivity contribution in [3.8, 4) is 17.2 Å². The van der Waals surface area contributed by atoms with Crippen molar-refractivity contribution in [3.63, 3.8) is 0 Å². The third-order valence-electron chi connectivity index (χ3n) is 4.21. The minimum atomic E-state index is -0.851. The highest BCUT2D eigenvalue weighted by Crippen LogP contribution is 2.43. The first-order chi connectivity index (χ1) is 12.0. The number of halogens is 1. The number of nitrogens with zero attached hydrogens (tertiary/aromatic N) is 1. The topological polar surface area (TPSA) is 84.0 Å². The van der Waals surface area contributed by atoms with Gasteiger partial charge in [-0.05, 0) is 18.2 Å². The van der Waals surface area contributed by atoms with Crippen molar-refractivity contribution in [2.45, 2.75) is 6.23 Å². The number of rotatable bonds is 6. The first-order valence-corrected chi connectivity index (χ1v) is 8.12. The highest BCUT2D eigenvalue weighted by Gasteiger charge is 2.28. The smallest absolute Gasteiger partial charge is 0.206 e. The number of benzene rings is 1. The Kier molecular flexibility index (Phi) is 4.89. The lowest BCUT2D eigenvalue weighted by Crippen LogP contribution is -2.29. The molecular formula is C17H19ClN2O5. The highest BCUT2D eigenvalue weighted by atomic mass is 35.5. The molecule has 0 fully saturated rings. The number of Topliss-reactive ketones (excluding diaryl/α,β-unsaturated/α-hetero) is 1. The van der Waals surface area contributed by atoms with Crippen LogP contribution in [0.1, 0.15) is 10.5 Å². The lowest BCUT2D eigenvalue weighted by Gasteiger charge is -2.15. The first kappa shape index (κ1) is 17.6. The summed E-state index contributed by atoms with van der Waals surface area (Å²) in [5.74, 6) is 1.21. The van der Waals surface area contributed by atoms with E-state index in [1.807, 2.05) is 0 Å². The summed E-state index contributed by atoms with van der Waals surface area (Å²) in [6, 6.07) is 3.63. The standard InChI is InChI=1S/C17H19ClN2O5/c1-23-12-5-9-4-11(19-14(9)17(25-3)16(12)24-2)15(22)10-6-13(21)20(7-10)8-18/h4-6,13,19,21H,7-8H2,1-3H3. The number of ether oxygens (including phenoxy) is 3. The van der Waals surface area contributed by atoms with Gasteiger partial charge in [-0.2, -0.15) is 0 Å². The van der Waals surface area contributed by atoms with E-state index in [-0.39, 0.29) is 11.8 Å². The zero-order valence-corrected chi connectivity index (χ0v) is 14.9. The average molecular weight is 367 g/mol. The van der Waals surface area contributed by atoms with E-state index >= 15 is 0 Å². The zero-order valence-electron chi connectivity index (χ0n) is 14.1. The molecule has 8 heteroatoms. The van der Waals surface area contributed by atoms with Gasteiger partial charge in [0.25, 0.3) is 0 Å². The van der Waals surface area contributed by atoms with Crippen molar-refractivity contribution in [1.82, 2.24) is 9.88 Å². The van der Waals surface area contributed by atoms with Crippen molar-refractivity contribution >= 4 is 28.3 Å². The SMILES string of the molecule is COc1cc2cc(C(=O)C3=CC(O)N(CCl)C3)[nH]c2c(OC)c1OC. The van der Waals surface area contributed by atoms with Crippen LogP contribution >= 0.6 is 11.6 Å². The van der Waals surface area contributed by atoms with E-state index in [9.17, 15) is 9.90 Å². The summed E-state index contributed by atoms with van der Waals surface area (Å²) in [7, 11) is 4.58. The van der Waals surface area contributed by atoms with Gasteiger partial charge < -0.3 is 24.3 Å². The maximum atomic E-state index is 12.7. The predicted octanol–water partition coefficient (Wildman–Crippen LogP) is 2.13. The molecule has 1 aromatic heterocycles. The number of carbonyl (C=O) groups is 1. The van der Waals surface area contributed by atoms with Crippen LogP contribution in [0.5, 0.6) is 17.2 Å². The summed E-state index contributed by atoms with van der Waals surface area (Å²) < 4.78 is 16.1. The molecule has 2 heterocycles. The number of hydrogen-bond donors (Lipinski definition) is 2. The Morgan fingerprint density at radius 2 is 2.00 bits per heavy atom. The second-order valence-corrected chi connectivity index (χ2v) is 5.83. The summed E-state index contributed by atoms with van der Waals surface area (Å²) in [5.41, 5.74) is 1.51. The van der Waals surface area contributed by atoms with Gasteiger partial charge >= 0.3 is 0 Å². The maximum Gasteiger partial charge on any atom is 0.206 e. The average Bonchev–Trinajstić information content (AvgIpc) is 3.22. The minimum Gasteiger partial charge on any atom is -0.493 e. The summed E-state index contributed by atoms with van der Waals surface area (Å²) in [5, 5.41) is 10.6. The van der Waals surface area contributed by atoms with E-state index in [1.165, 1.54) is 27.4 Å². The van der Waals surface area contributed by atoms with Crippen LogP contribution in [0.15, 0.2) is 23.8 Å². The molecule has 1 aliphatic heterocycles. The number of aliphatic hydroxyl groups excluding tert-OH is 1. The van der Waals surface area contributed by atoms with Crippen LogP contribution in [0, 0.1) is 0 Å². The predicted molar refractivity (Wildman–Crippen MR) is 93.8 cm³/mol. The third kappa shape index (κ3) is 2.95. The Hall–Kier alpha value is -2.22. The summed E-state index contributed by atoms with van der Waals surface area (Å²) in [6.07, 6.45) is 0.657. The molecule has 1 atom stereocenters. The van der Waals surface area contributed by atoms with E-state index in [1.54, 1.807) is 17.0 Å². The number of aromatic nitrogens is 1. The van der Waals surface area contributed by atoms with Crippen molar-refractivity contribution in [2.24, 2.45) is 0 Å². The highest BCUT2D eigenvalue weighted by molar-refractivity contribution is 6.18. The fourth-order valence-electron chi connectivity index (χ4n) is 2.95. The molecule has 0 spiro atoms. The van der Waals surface area contributed by atoms with Crippen molar-refractivity contribution in [2.75, 3.05) is 33.9 Å². The number of carbonyl (C=O) groups excluding carboxylic acids is 1. The quantitative estimate of drug-likeness (QED) is 0.463. The monoisotopic (exact) mass is 366 g/mol. The fourth-order valence-corrected chi connectivity index (χ4v) is 3.18. The number of ketones is 1. The minimum absolute atomic E-state index is 0.142. The Morgan fingerprint density at radius 3 is 2.56 bits per heavy atom. The number of aliphatic hydroxyl groups is 1. The number of hydrogen-bond acceptors (Lipinski definition) is 6. The second kappa shape index (κ2) is 6.95. The Bertz CT molecular complexity index is 845. The van der Waals surface area contributed by atoms with E-state index in [2.05, 4.69) is 4.98 Å². The van der Waals surface area contributed by atoms with Crippen LogP contribution in [-0.4, -0.2) is 60.9 Å². The second-order valence-electron chi connectivity index (χ2n) is 5.59. The number of alkyl halides is 1. The van der Waals surface area contributed by atoms with Crippen LogP contribution in [-0.2, 0) is 0 Å². The summed E-state index contributed by atoms with van der Waals surface area (Å²) in [4.78, 5) is 17.4. The first-order valence-electron chi connectivity index (χ1n) is 7.59. The van der Waals surface area contributed by atoms with Gasteiger partial charge in [0.15, 0.2) is 11.5 Å². The van der Waals surface area contributed by atoms with Gasteiger partial charge in [0, 0.05) is 17.5 Å². The Balaban J connectivity index is 2.04. The molecule has 0 aliphatic carbocycles. The number of H-pyrrole nitrogens is 1. The molecule has 25 heavy (non-hydrogen) atoms. The van der Waals surface area contributed by atoms with Gasteiger partial charge in [-0.15, -0.1) is 11.6 Å². The molecule has 0 saturated heterocycles. The number of fused-ring (bicyclic) bond motifs is 1. The van der Waals surface area contributed by atoms with E-state index < -0.39 is 6.23 Å². The van der Waals surface area contributed by atoms with Crippen molar-refractivity contribution in [1.29, 1.82) is 0 Å². The van der Waals surface area contributed by atoms with Gasteiger partial charge in [-0.3, -0.25) is 9.69 Å². The van der Waals surface area contributed by atoms with Gasteiger partial charge in [0.1, 0.15) is 6.23 Å². The number of nitrogens with one attached hydrogen (secondary N) is 1. The Labute approximate surface area is 149 Å². The number of aromatic amines is 1.